The summed E-state index contributed by atoms with van der Waals surface area (Å²) in [5, 5.41) is 12.9. The van der Waals surface area contributed by atoms with Crippen molar-refractivity contribution in [3.8, 4) is 11.4 Å². The van der Waals surface area contributed by atoms with E-state index < -0.39 is 0 Å². The monoisotopic (exact) mass is 353 g/mol. The highest BCUT2D eigenvalue weighted by molar-refractivity contribution is 5.53. The van der Waals surface area contributed by atoms with Gasteiger partial charge in [-0.3, -0.25) is 0 Å². The average Bonchev–Trinajstić information content (AvgIpc) is 3.41. The maximum atomic E-state index is 13.1. The van der Waals surface area contributed by atoms with Gasteiger partial charge in [0, 0.05) is 17.9 Å². The van der Waals surface area contributed by atoms with Crippen molar-refractivity contribution in [1.29, 1.82) is 0 Å². The molecule has 2 heterocycles. The lowest BCUT2D eigenvalue weighted by Crippen LogP contribution is -2.17. The van der Waals surface area contributed by atoms with Crippen molar-refractivity contribution in [2.45, 2.75) is 56.9 Å². The van der Waals surface area contributed by atoms with Crippen LogP contribution in [0.5, 0.6) is 0 Å². The minimum atomic E-state index is -0.275. The van der Waals surface area contributed by atoms with E-state index in [4.69, 9.17) is 4.52 Å². The normalized spacial score (nSPS) is 20.4. The average molecular weight is 353 g/mol. The Morgan fingerprint density at radius 3 is 2.69 bits per heavy atom. The van der Waals surface area contributed by atoms with Gasteiger partial charge in [-0.25, -0.2) is 9.07 Å². The van der Waals surface area contributed by atoms with Crippen LogP contribution in [0.15, 0.2) is 28.8 Å². The van der Waals surface area contributed by atoms with Crippen LogP contribution in [0.1, 0.15) is 61.3 Å². The lowest BCUT2D eigenvalue weighted by Gasteiger charge is -2.20. The van der Waals surface area contributed by atoms with Gasteiger partial charge in [0.05, 0.1) is 17.4 Å². The number of hydrogen-bond donors (Lipinski definition) is 0. The minimum absolute atomic E-state index is 0.165. The van der Waals surface area contributed by atoms with E-state index in [1.807, 2.05) is 0 Å². The van der Waals surface area contributed by atoms with Crippen LogP contribution in [0.4, 0.5) is 4.39 Å². The fourth-order valence-corrected chi connectivity index (χ4v) is 4.18. The lowest BCUT2D eigenvalue weighted by atomic mass is 9.89. The van der Waals surface area contributed by atoms with E-state index in [1.165, 1.54) is 43.5 Å². The van der Waals surface area contributed by atoms with Gasteiger partial charge in [0.1, 0.15) is 5.82 Å². The molecular weight excluding hydrogens is 333 g/mol. The Labute approximate surface area is 150 Å². The second-order valence-electron chi connectivity index (χ2n) is 7.27. The first-order chi connectivity index (χ1) is 12.8. The van der Waals surface area contributed by atoms with Crippen molar-refractivity contribution in [2.75, 3.05) is 0 Å². The van der Waals surface area contributed by atoms with Gasteiger partial charge in [0.2, 0.25) is 11.7 Å². The summed E-state index contributed by atoms with van der Waals surface area (Å²) in [4.78, 5) is 4.54. The molecule has 1 aromatic carbocycles. The first-order valence-corrected chi connectivity index (χ1v) is 9.30. The standard InChI is InChI=1S/C19H20FN5O/c20-14-8-5-12(6-9-14)18-21-19(26-23-18)13-7-10-17-16(11-13)22-24-25(17)15-3-1-2-4-15/h5-6,8-9,13,15H,1-4,7,10-11H2. The van der Waals surface area contributed by atoms with E-state index in [2.05, 4.69) is 25.1 Å². The van der Waals surface area contributed by atoms with Gasteiger partial charge in [0.25, 0.3) is 0 Å². The van der Waals surface area contributed by atoms with E-state index in [0.717, 1.165) is 30.5 Å². The van der Waals surface area contributed by atoms with Gasteiger partial charge in [-0.15, -0.1) is 5.10 Å². The molecule has 1 atom stereocenters. The van der Waals surface area contributed by atoms with Crippen molar-refractivity contribution in [3.05, 3.63) is 47.4 Å². The highest BCUT2D eigenvalue weighted by Crippen LogP contribution is 2.36. The molecule has 0 spiro atoms. The summed E-state index contributed by atoms with van der Waals surface area (Å²) in [6.45, 7) is 0. The SMILES string of the molecule is Fc1ccc(-c2noc(C3CCc4c(nnn4C4CCCC4)C3)n2)cc1. The number of benzene rings is 1. The van der Waals surface area contributed by atoms with Crippen LogP contribution in [-0.2, 0) is 12.8 Å². The first kappa shape index (κ1) is 15.7. The van der Waals surface area contributed by atoms with Crippen LogP contribution >= 0.6 is 0 Å². The number of nitrogens with zero attached hydrogens (tertiary/aromatic N) is 5. The molecule has 0 N–H and O–H groups in total. The van der Waals surface area contributed by atoms with Crippen LogP contribution in [0.2, 0.25) is 0 Å². The molecule has 0 radical (unpaired) electrons. The van der Waals surface area contributed by atoms with Gasteiger partial charge in [-0.05, 0) is 49.9 Å². The summed E-state index contributed by atoms with van der Waals surface area (Å²) in [6, 6.07) is 6.65. The van der Waals surface area contributed by atoms with Gasteiger partial charge in [0.15, 0.2) is 0 Å². The van der Waals surface area contributed by atoms with Crippen molar-refractivity contribution in [1.82, 2.24) is 25.1 Å². The van der Waals surface area contributed by atoms with Crippen LogP contribution in [0, 0.1) is 5.82 Å². The van der Waals surface area contributed by atoms with E-state index in [-0.39, 0.29) is 11.7 Å². The molecule has 0 bridgehead atoms. The fraction of sp³-hybridized carbons (Fsp3) is 0.474. The molecule has 2 aliphatic rings. The first-order valence-electron chi connectivity index (χ1n) is 9.30. The van der Waals surface area contributed by atoms with Gasteiger partial charge >= 0.3 is 0 Å². The van der Waals surface area contributed by atoms with E-state index in [0.29, 0.717) is 17.8 Å². The molecule has 2 aromatic heterocycles. The quantitative estimate of drug-likeness (QED) is 0.715. The summed E-state index contributed by atoms with van der Waals surface area (Å²) in [7, 11) is 0. The Hall–Kier alpha value is -2.57. The third kappa shape index (κ3) is 2.71. The van der Waals surface area contributed by atoms with E-state index in [1.54, 1.807) is 12.1 Å². The predicted octanol–water partition coefficient (Wildman–Crippen LogP) is 3.85. The third-order valence-corrected chi connectivity index (χ3v) is 5.60. The number of rotatable bonds is 3. The molecule has 26 heavy (non-hydrogen) atoms. The maximum Gasteiger partial charge on any atom is 0.230 e. The molecule has 7 heteroatoms. The zero-order valence-corrected chi connectivity index (χ0v) is 14.4. The van der Waals surface area contributed by atoms with E-state index >= 15 is 0 Å². The summed E-state index contributed by atoms with van der Waals surface area (Å²) >= 11 is 0. The summed E-state index contributed by atoms with van der Waals surface area (Å²) in [5.74, 6) is 1.02. The molecule has 0 aliphatic heterocycles. The Bertz CT molecular complexity index is 910. The second kappa shape index (κ2) is 6.30. The zero-order chi connectivity index (χ0) is 17.5. The van der Waals surface area contributed by atoms with Crippen LogP contribution < -0.4 is 0 Å². The lowest BCUT2D eigenvalue weighted by molar-refractivity contribution is 0.337. The Morgan fingerprint density at radius 1 is 1.08 bits per heavy atom. The van der Waals surface area contributed by atoms with Crippen molar-refractivity contribution < 1.29 is 8.91 Å². The number of hydrogen-bond acceptors (Lipinski definition) is 5. The summed E-state index contributed by atoms with van der Waals surface area (Å²) in [6.07, 6.45) is 7.68. The molecule has 1 saturated carbocycles. The molecular formula is C19H20FN5O. The molecule has 0 amide bonds. The fourth-order valence-electron chi connectivity index (χ4n) is 4.18. The zero-order valence-electron chi connectivity index (χ0n) is 14.4. The molecule has 134 valence electrons. The predicted molar refractivity (Wildman–Crippen MR) is 92.0 cm³/mol. The van der Waals surface area contributed by atoms with Crippen molar-refractivity contribution >= 4 is 0 Å². The highest BCUT2D eigenvalue weighted by Gasteiger charge is 2.31. The number of aromatic nitrogens is 5. The molecule has 5 rings (SSSR count). The molecule has 2 aliphatic carbocycles. The minimum Gasteiger partial charge on any atom is -0.339 e. The van der Waals surface area contributed by atoms with Gasteiger partial charge in [-0.1, -0.05) is 23.2 Å². The molecule has 1 fully saturated rings. The summed E-state index contributed by atoms with van der Waals surface area (Å²) in [5.41, 5.74) is 3.10. The molecule has 6 nitrogen and oxygen atoms in total. The number of fused-ring (bicyclic) bond motifs is 1. The topological polar surface area (TPSA) is 69.6 Å². The van der Waals surface area contributed by atoms with E-state index in [9.17, 15) is 4.39 Å². The molecule has 0 saturated heterocycles. The smallest absolute Gasteiger partial charge is 0.230 e. The Kier molecular flexibility index (Phi) is 3.80. The Morgan fingerprint density at radius 2 is 1.88 bits per heavy atom. The van der Waals surface area contributed by atoms with Gasteiger partial charge in [-0.2, -0.15) is 4.98 Å². The largest absolute Gasteiger partial charge is 0.339 e. The van der Waals surface area contributed by atoms with Crippen LogP contribution in [0.25, 0.3) is 11.4 Å². The van der Waals surface area contributed by atoms with Crippen molar-refractivity contribution in [2.24, 2.45) is 0 Å². The molecule has 1 unspecified atom stereocenters. The Balaban J connectivity index is 1.36. The third-order valence-electron chi connectivity index (χ3n) is 5.60. The van der Waals surface area contributed by atoms with Gasteiger partial charge < -0.3 is 4.52 Å². The van der Waals surface area contributed by atoms with Crippen LogP contribution in [0.3, 0.4) is 0 Å². The van der Waals surface area contributed by atoms with Crippen molar-refractivity contribution in [3.63, 3.8) is 0 Å². The molecule has 3 aromatic rings. The highest BCUT2D eigenvalue weighted by atomic mass is 19.1. The second-order valence-corrected chi connectivity index (χ2v) is 7.27. The summed E-state index contributed by atoms with van der Waals surface area (Å²) < 4.78 is 20.7. The van der Waals surface area contributed by atoms with Crippen LogP contribution in [-0.4, -0.2) is 25.1 Å². The number of halogens is 1. The maximum absolute atomic E-state index is 13.1.